The second kappa shape index (κ2) is 7.86. The van der Waals surface area contributed by atoms with Crippen molar-refractivity contribution in [3.8, 4) is 0 Å². The molecule has 3 N–H and O–H groups in total. The highest BCUT2D eigenvalue weighted by atomic mass is 31.2. The van der Waals surface area contributed by atoms with Crippen LogP contribution in [0.5, 0.6) is 0 Å². The Bertz CT molecular complexity index is 455. The number of hydrogen-bond acceptors (Lipinski definition) is 6. The van der Waals surface area contributed by atoms with E-state index in [0.717, 1.165) is 6.54 Å². The number of aliphatic hydroxyl groups excluding tert-OH is 1. The van der Waals surface area contributed by atoms with E-state index >= 15 is 0 Å². The first kappa shape index (κ1) is 17.8. The summed E-state index contributed by atoms with van der Waals surface area (Å²) >= 11 is 0. The molecule has 0 bridgehead atoms. The fourth-order valence-corrected chi connectivity index (χ4v) is 4.16. The summed E-state index contributed by atoms with van der Waals surface area (Å²) in [7, 11) is 2.18. The maximum Gasteiger partial charge on any atom is 0.392 e. The molecule has 0 saturated carbocycles. The van der Waals surface area contributed by atoms with Gasteiger partial charge in [0.2, 0.25) is 0 Å². The first-order chi connectivity index (χ1) is 10.5. The van der Waals surface area contributed by atoms with Crippen molar-refractivity contribution in [1.29, 1.82) is 0 Å². The van der Waals surface area contributed by atoms with Crippen LogP contribution in [-0.4, -0.2) is 83.4 Å². The van der Waals surface area contributed by atoms with Crippen LogP contribution in [0.25, 0.3) is 0 Å². The summed E-state index contributed by atoms with van der Waals surface area (Å²) in [5.74, 6) is 0.620. The molecule has 2 heterocycles. The maximum absolute atomic E-state index is 13.0. The van der Waals surface area contributed by atoms with E-state index in [2.05, 4.69) is 10.4 Å². The average molecular weight is 331 g/mol. The molecular weight excluding hydrogens is 307 g/mol. The average Bonchev–Trinajstić information content (AvgIpc) is 2.52. The quantitative estimate of drug-likeness (QED) is 0.287. The van der Waals surface area contributed by atoms with Gasteiger partial charge in [0.15, 0.2) is 7.85 Å². The number of aliphatic hydroxyl groups is 1. The predicted molar refractivity (Wildman–Crippen MR) is 88.0 cm³/mol. The smallest absolute Gasteiger partial charge is 0.392 e. The van der Waals surface area contributed by atoms with Crippen LogP contribution in [0.15, 0.2) is 12.0 Å². The van der Waals surface area contributed by atoms with Crippen molar-refractivity contribution < 1.29 is 23.7 Å². The number of nitrogens with one attached hydrogen (secondary N) is 2. The molecule has 8 nitrogen and oxygen atoms in total. The first-order valence-electron chi connectivity index (χ1n) is 7.52. The highest BCUT2D eigenvalue weighted by Gasteiger charge is 2.37. The summed E-state index contributed by atoms with van der Waals surface area (Å²) in [5, 5.41) is 15.2. The molecule has 11 heteroatoms. The van der Waals surface area contributed by atoms with E-state index in [1.54, 1.807) is 11.7 Å². The van der Waals surface area contributed by atoms with Gasteiger partial charge in [-0.05, 0) is 7.05 Å². The fourth-order valence-electron chi connectivity index (χ4n) is 2.54. The number of rotatable bonds is 5. The monoisotopic (exact) mass is 331 g/mol. The van der Waals surface area contributed by atoms with Gasteiger partial charge in [-0.3, -0.25) is 0 Å². The van der Waals surface area contributed by atoms with Crippen molar-refractivity contribution in [1.82, 2.24) is 15.1 Å². The zero-order valence-corrected chi connectivity index (χ0v) is 14.2. The minimum absolute atomic E-state index is 0.0553. The Hall–Kier alpha value is -0.500. The van der Waals surface area contributed by atoms with Crippen molar-refractivity contribution in [3.63, 3.8) is 0 Å². The van der Waals surface area contributed by atoms with Gasteiger partial charge in [-0.15, -0.1) is 0 Å². The third-order valence-electron chi connectivity index (χ3n) is 3.58. The largest absolute Gasteiger partial charge is 0.498 e. The number of ether oxygens (including phenoxy) is 2. The van der Waals surface area contributed by atoms with E-state index in [4.69, 9.17) is 14.0 Å². The predicted octanol–water partition coefficient (Wildman–Crippen LogP) is -2.60. The molecule has 0 spiro atoms. The van der Waals surface area contributed by atoms with Gasteiger partial charge in [0.25, 0.3) is 0 Å². The molecule has 0 amide bonds. The number of morpholine rings is 2. The van der Waals surface area contributed by atoms with Gasteiger partial charge in [0.1, 0.15) is 19.9 Å². The first-order valence-corrected chi connectivity index (χ1v) is 9.10. The molecule has 22 heavy (non-hydrogen) atoms. The minimum Gasteiger partial charge on any atom is -0.498 e. The lowest BCUT2D eigenvalue weighted by molar-refractivity contribution is -0.0529. The van der Waals surface area contributed by atoms with E-state index in [9.17, 15) is 9.67 Å². The van der Waals surface area contributed by atoms with Gasteiger partial charge in [0.05, 0.1) is 25.3 Å². The Morgan fingerprint density at radius 3 is 2.95 bits per heavy atom. The van der Waals surface area contributed by atoms with Crippen LogP contribution in [0, 0.1) is 0 Å². The lowest BCUT2D eigenvalue weighted by Gasteiger charge is -2.39. The second-order valence-corrected chi connectivity index (χ2v) is 7.88. The summed E-state index contributed by atoms with van der Waals surface area (Å²) in [6.07, 6.45) is 1.04. The maximum atomic E-state index is 13.0. The van der Waals surface area contributed by atoms with E-state index < -0.39 is 7.67 Å². The summed E-state index contributed by atoms with van der Waals surface area (Å²) in [6, 6.07) is -0.0730. The molecule has 0 aromatic heterocycles. The molecule has 0 aromatic carbocycles. The lowest BCUT2D eigenvalue weighted by Crippen LogP contribution is -2.49. The molecule has 0 aliphatic carbocycles. The molecule has 4 unspecified atom stereocenters. The Labute approximate surface area is 132 Å². The van der Waals surface area contributed by atoms with Crippen molar-refractivity contribution in [2.75, 3.05) is 39.8 Å². The van der Waals surface area contributed by atoms with Gasteiger partial charge in [0, 0.05) is 25.6 Å². The van der Waals surface area contributed by atoms with E-state index in [1.165, 1.54) is 6.26 Å². The van der Waals surface area contributed by atoms with Crippen LogP contribution >= 0.6 is 7.67 Å². The zero-order valence-electron chi connectivity index (χ0n) is 13.3. The molecule has 2 aliphatic rings. The molecule has 0 radical (unpaired) electrons. The molecule has 4 atom stereocenters. The van der Waals surface area contributed by atoms with Crippen LogP contribution in [0.2, 0.25) is 0 Å². The van der Waals surface area contributed by atoms with Crippen molar-refractivity contribution >= 4 is 23.4 Å². The number of hydrogen-bond donors (Lipinski definition) is 3. The van der Waals surface area contributed by atoms with Crippen molar-refractivity contribution in [2.45, 2.75) is 18.1 Å². The Kier molecular flexibility index (Phi) is 6.37. The second-order valence-electron chi connectivity index (χ2n) is 5.62. The fraction of sp³-hybridized carbons (Fsp3) is 0.818. The standard InChI is InChI=1S/C11H24B2N3O5P/c1-14-22(18,16-4-9(6-17)21-11(13)5-16)19-7-8-2-15-3-10(12)20-8/h7,9-11,15,17H,2-6,12-13H2,1H3,(H,14,18)/b8-7+. The third-order valence-corrected chi connectivity index (χ3v) is 5.60. The Morgan fingerprint density at radius 2 is 2.32 bits per heavy atom. The zero-order chi connectivity index (χ0) is 16.2. The topological polar surface area (TPSA) is 92.3 Å². The summed E-state index contributed by atoms with van der Waals surface area (Å²) in [6.45, 7) is 2.02. The number of nitrogens with zero attached hydrogens (tertiary/aromatic N) is 1. The molecule has 2 fully saturated rings. The highest BCUT2D eigenvalue weighted by molar-refractivity contribution is 7.54. The third kappa shape index (κ3) is 4.50. The molecule has 124 valence electrons. The van der Waals surface area contributed by atoms with Gasteiger partial charge in [-0.2, -0.15) is 0 Å². The summed E-state index contributed by atoms with van der Waals surface area (Å²) in [5.41, 5.74) is 0. The van der Waals surface area contributed by atoms with Gasteiger partial charge >= 0.3 is 7.67 Å². The van der Waals surface area contributed by atoms with Crippen LogP contribution in [0.4, 0.5) is 0 Å². The summed E-state index contributed by atoms with van der Waals surface area (Å²) < 4.78 is 31.4. The molecule has 2 aliphatic heterocycles. The Morgan fingerprint density at radius 1 is 1.55 bits per heavy atom. The molecule has 0 aromatic rings. The van der Waals surface area contributed by atoms with Crippen molar-refractivity contribution in [3.05, 3.63) is 12.0 Å². The molecule has 2 saturated heterocycles. The highest BCUT2D eigenvalue weighted by Crippen LogP contribution is 2.47. The van der Waals surface area contributed by atoms with Crippen LogP contribution in [0.3, 0.4) is 0 Å². The van der Waals surface area contributed by atoms with Crippen LogP contribution in [-0.2, 0) is 18.6 Å². The molecule has 2 rings (SSSR count). The van der Waals surface area contributed by atoms with Crippen LogP contribution in [0.1, 0.15) is 0 Å². The van der Waals surface area contributed by atoms with Crippen LogP contribution < -0.4 is 10.4 Å². The van der Waals surface area contributed by atoms with Gasteiger partial charge in [-0.1, -0.05) is 0 Å². The molecular formula is C11H24B2N3O5P. The van der Waals surface area contributed by atoms with Crippen molar-refractivity contribution in [2.24, 2.45) is 0 Å². The van der Waals surface area contributed by atoms with E-state index in [-0.39, 0.29) is 24.7 Å². The summed E-state index contributed by atoms with van der Waals surface area (Å²) in [4.78, 5) is 0. The normalized spacial score (nSPS) is 34.8. The van der Waals surface area contributed by atoms with E-state index in [0.29, 0.717) is 25.4 Å². The Balaban J connectivity index is 2.04. The SMILES string of the molecule is BC1CNC/C(=C\OP(=O)(NC)N2CC(B)OC(CO)C2)O1. The van der Waals surface area contributed by atoms with E-state index in [1.807, 2.05) is 15.7 Å². The van der Waals surface area contributed by atoms with Gasteiger partial charge in [-0.25, -0.2) is 14.3 Å². The lowest BCUT2D eigenvalue weighted by atomic mass is 9.98. The minimum atomic E-state index is -3.24. The van der Waals surface area contributed by atoms with Gasteiger partial charge < -0.3 is 24.4 Å².